The molecule has 1 aliphatic rings. The zero-order chi connectivity index (χ0) is 17.3. The molecule has 7 nitrogen and oxygen atoms in total. The summed E-state index contributed by atoms with van der Waals surface area (Å²) in [6, 6.07) is 7.24. The van der Waals surface area contributed by atoms with Crippen LogP contribution in [0.15, 0.2) is 24.3 Å². The standard InChI is InChI=1S/C17H20N4O3/c1-10-6-11(21(2)20-10)9-18-17(23)14-8-16(22)19-15-5-4-12(24-3)7-13(14)15/h4-7,14H,8-9H2,1-3H3,(H,18,23)(H,19,22). The van der Waals surface area contributed by atoms with Crippen LogP contribution in [0.25, 0.3) is 0 Å². The van der Waals surface area contributed by atoms with Crippen LogP contribution >= 0.6 is 0 Å². The summed E-state index contributed by atoms with van der Waals surface area (Å²) in [4.78, 5) is 24.5. The van der Waals surface area contributed by atoms with Crippen molar-refractivity contribution >= 4 is 17.5 Å². The second-order valence-electron chi connectivity index (χ2n) is 5.88. The minimum atomic E-state index is -0.529. The van der Waals surface area contributed by atoms with Crippen LogP contribution in [0, 0.1) is 6.92 Å². The summed E-state index contributed by atoms with van der Waals surface area (Å²) in [6.07, 6.45) is 0.121. The number of hydrogen-bond donors (Lipinski definition) is 2. The van der Waals surface area contributed by atoms with Gasteiger partial charge in [0.1, 0.15) is 5.75 Å². The van der Waals surface area contributed by atoms with Gasteiger partial charge in [-0.15, -0.1) is 0 Å². The number of carbonyl (C=O) groups excluding carboxylic acids is 2. The van der Waals surface area contributed by atoms with Crippen LogP contribution in [0.4, 0.5) is 5.69 Å². The Morgan fingerprint density at radius 1 is 1.46 bits per heavy atom. The average molecular weight is 328 g/mol. The second kappa shape index (κ2) is 6.35. The van der Waals surface area contributed by atoms with Crippen molar-refractivity contribution in [1.82, 2.24) is 15.1 Å². The number of nitrogens with one attached hydrogen (secondary N) is 2. The molecule has 0 fully saturated rings. The Hall–Kier alpha value is -2.83. The number of aryl methyl sites for hydroxylation is 2. The molecule has 3 rings (SSSR count). The molecule has 1 atom stereocenters. The van der Waals surface area contributed by atoms with E-state index in [9.17, 15) is 9.59 Å². The van der Waals surface area contributed by atoms with Crippen LogP contribution in [-0.4, -0.2) is 28.7 Å². The Labute approximate surface area is 140 Å². The van der Waals surface area contributed by atoms with Crippen molar-refractivity contribution in [3.05, 3.63) is 41.2 Å². The Balaban J connectivity index is 1.79. The molecule has 2 N–H and O–H groups in total. The molecule has 1 aliphatic heterocycles. The van der Waals surface area contributed by atoms with Gasteiger partial charge in [0, 0.05) is 19.2 Å². The summed E-state index contributed by atoms with van der Waals surface area (Å²) >= 11 is 0. The summed E-state index contributed by atoms with van der Waals surface area (Å²) in [7, 11) is 3.41. The van der Waals surface area contributed by atoms with Crippen LogP contribution in [0.5, 0.6) is 5.75 Å². The van der Waals surface area contributed by atoms with Gasteiger partial charge in [0.2, 0.25) is 11.8 Å². The average Bonchev–Trinajstić information content (AvgIpc) is 2.89. The summed E-state index contributed by atoms with van der Waals surface area (Å²) in [5.41, 5.74) is 3.23. The van der Waals surface area contributed by atoms with Crippen molar-refractivity contribution in [2.45, 2.75) is 25.8 Å². The van der Waals surface area contributed by atoms with Crippen molar-refractivity contribution in [1.29, 1.82) is 0 Å². The van der Waals surface area contributed by atoms with Gasteiger partial charge in [-0.05, 0) is 36.8 Å². The second-order valence-corrected chi connectivity index (χ2v) is 5.88. The number of methoxy groups -OCH3 is 1. The lowest BCUT2D eigenvalue weighted by molar-refractivity contribution is -0.126. The van der Waals surface area contributed by atoms with E-state index in [0.29, 0.717) is 18.0 Å². The van der Waals surface area contributed by atoms with E-state index in [1.807, 2.05) is 20.0 Å². The molecular weight excluding hydrogens is 308 g/mol. The molecule has 1 unspecified atom stereocenters. The van der Waals surface area contributed by atoms with Crippen LogP contribution < -0.4 is 15.4 Å². The number of rotatable bonds is 4. The van der Waals surface area contributed by atoms with E-state index in [1.54, 1.807) is 30.0 Å². The highest BCUT2D eigenvalue weighted by Crippen LogP contribution is 2.35. The molecule has 126 valence electrons. The van der Waals surface area contributed by atoms with E-state index in [4.69, 9.17) is 4.74 Å². The highest BCUT2D eigenvalue weighted by molar-refractivity contribution is 6.01. The molecule has 0 aliphatic carbocycles. The molecule has 0 bridgehead atoms. The van der Waals surface area contributed by atoms with E-state index in [-0.39, 0.29) is 18.2 Å². The predicted molar refractivity (Wildman–Crippen MR) is 88.8 cm³/mol. The maximum Gasteiger partial charge on any atom is 0.228 e. The van der Waals surface area contributed by atoms with Gasteiger partial charge in [0.05, 0.1) is 31.0 Å². The number of benzene rings is 1. The van der Waals surface area contributed by atoms with E-state index < -0.39 is 5.92 Å². The number of aromatic nitrogens is 2. The third kappa shape index (κ3) is 3.10. The lowest BCUT2D eigenvalue weighted by Crippen LogP contribution is -2.35. The number of carbonyl (C=O) groups is 2. The van der Waals surface area contributed by atoms with Crippen molar-refractivity contribution in [2.24, 2.45) is 7.05 Å². The van der Waals surface area contributed by atoms with E-state index in [1.165, 1.54) is 0 Å². The minimum Gasteiger partial charge on any atom is -0.497 e. The van der Waals surface area contributed by atoms with Crippen LogP contribution in [-0.2, 0) is 23.2 Å². The molecule has 1 aromatic carbocycles. The minimum absolute atomic E-state index is 0.121. The normalized spacial score (nSPS) is 16.3. The molecule has 24 heavy (non-hydrogen) atoms. The first-order valence-electron chi connectivity index (χ1n) is 7.73. The Bertz CT molecular complexity index is 797. The largest absolute Gasteiger partial charge is 0.497 e. The number of hydrogen-bond acceptors (Lipinski definition) is 4. The smallest absolute Gasteiger partial charge is 0.228 e. The Morgan fingerprint density at radius 2 is 2.25 bits per heavy atom. The number of nitrogens with zero attached hydrogens (tertiary/aromatic N) is 2. The third-order valence-corrected chi connectivity index (χ3v) is 4.16. The van der Waals surface area contributed by atoms with Gasteiger partial charge >= 0.3 is 0 Å². The topological polar surface area (TPSA) is 85.2 Å². The monoisotopic (exact) mass is 328 g/mol. The lowest BCUT2D eigenvalue weighted by atomic mass is 9.89. The number of ether oxygens (including phenoxy) is 1. The van der Waals surface area contributed by atoms with Gasteiger partial charge in [-0.25, -0.2) is 0 Å². The van der Waals surface area contributed by atoms with Crippen molar-refractivity contribution in [2.75, 3.05) is 12.4 Å². The molecule has 1 aromatic heterocycles. The number of amides is 2. The van der Waals surface area contributed by atoms with Crippen LogP contribution in [0.1, 0.15) is 29.3 Å². The van der Waals surface area contributed by atoms with Gasteiger partial charge in [-0.1, -0.05) is 0 Å². The summed E-state index contributed by atoms with van der Waals surface area (Å²) in [6.45, 7) is 2.27. The molecule has 0 radical (unpaired) electrons. The first-order chi connectivity index (χ1) is 11.5. The maximum absolute atomic E-state index is 12.6. The zero-order valence-electron chi connectivity index (χ0n) is 13.9. The first-order valence-corrected chi connectivity index (χ1v) is 7.73. The van der Waals surface area contributed by atoms with Crippen molar-refractivity contribution in [3.63, 3.8) is 0 Å². The quantitative estimate of drug-likeness (QED) is 0.890. The molecule has 0 saturated carbocycles. The van der Waals surface area contributed by atoms with Crippen molar-refractivity contribution < 1.29 is 14.3 Å². The summed E-state index contributed by atoms with van der Waals surface area (Å²) in [5, 5.41) is 9.95. The Kier molecular flexibility index (Phi) is 4.24. The highest BCUT2D eigenvalue weighted by Gasteiger charge is 2.31. The van der Waals surface area contributed by atoms with Crippen LogP contribution in [0.3, 0.4) is 0 Å². The third-order valence-electron chi connectivity index (χ3n) is 4.16. The van der Waals surface area contributed by atoms with Crippen LogP contribution in [0.2, 0.25) is 0 Å². The molecule has 2 heterocycles. The fourth-order valence-corrected chi connectivity index (χ4v) is 2.93. The van der Waals surface area contributed by atoms with Gasteiger partial charge in [-0.3, -0.25) is 14.3 Å². The van der Waals surface area contributed by atoms with E-state index in [0.717, 1.165) is 17.0 Å². The number of fused-ring (bicyclic) bond motifs is 1. The van der Waals surface area contributed by atoms with Gasteiger partial charge in [0.25, 0.3) is 0 Å². The molecule has 7 heteroatoms. The molecule has 0 spiro atoms. The van der Waals surface area contributed by atoms with Gasteiger partial charge in [0.15, 0.2) is 0 Å². The lowest BCUT2D eigenvalue weighted by Gasteiger charge is -2.25. The fraction of sp³-hybridized carbons (Fsp3) is 0.353. The molecule has 0 saturated heterocycles. The fourth-order valence-electron chi connectivity index (χ4n) is 2.93. The predicted octanol–water partition coefficient (Wildman–Crippen LogP) is 1.48. The van der Waals surface area contributed by atoms with Crippen molar-refractivity contribution in [3.8, 4) is 5.75 Å². The first kappa shape index (κ1) is 16.0. The summed E-state index contributed by atoms with van der Waals surface area (Å²) < 4.78 is 6.96. The van der Waals surface area contributed by atoms with E-state index >= 15 is 0 Å². The van der Waals surface area contributed by atoms with Gasteiger partial charge in [-0.2, -0.15) is 5.10 Å². The SMILES string of the molecule is COc1ccc2c(c1)C(C(=O)NCc1cc(C)nn1C)CC(=O)N2. The highest BCUT2D eigenvalue weighted by atomic mass is 16.5. The molecular formula is C17H20N4O3. The Morgan fingerprint density at radius 3 is 2.92 bits per heavy atom. The zero-order valence-corrected chi connectivity index (χ0v) is 13.9. The molecule has 2 aromatic rings. The maximum atomic E-state index is 12.6. The molecule has 2 amide bonds. The van der Waals surface area contributed by atoms with E-state index in [2.05, 4.69) is 15.7 Å². The summed E-state index contributed by atoms with van der Waals surface area (Å²) in [5.74, 6) is -0.217. The van der Waals surface area contributed by atoms with Gasteiger partial charge < -0.3 is 15.4 Å². The number of anilines is 1.